The van der Waals surface area contributed by atoms with Gasteiger partial charge >= 0.3 is 0 Å². The first-order valence-corrected chi connectivity index (χ1v) is 10.6. The highest BCUT2D eigenvalue weighted by Gasteiger charge is 2.25. The molecule has 12 heteroatoms. The maximum Gasteiger partial charge on any atom is 0.193 e. The fraction of sp³-hybridized carbons (Fsp3) is 0.300. The van der Waals surface area contributed by atoms with E-state index in [1.807, 2.05) is 0 Å². The van der Waals surface area contributed by atoms with E-state index in [-0.39, 0.29) is 24.7 Å². The maximum absolute atomic E-state index is 12.9. The second-order valence-corrected chi connectivity index (χ2v) is 7.99. The second kappa shape index (κ2) is 8.91. The first kappa shape index (κ1) is 21.0. The summed E-state index contributed by atoms with van der Waals surface area (Å²) in [7, 11) is 0. The van der Waals surface area contributed by atoms with Crippen molar-refractivity contribution in [3.05, 3.63) is 63.9 Å². The lowest BCUT2D eigenvalue weighted by atomic mass is 10.0. The molecule has 32 heavy (non-hydrogen) atoms. The minimum absolute atomic E-state index is 0.0368. The molecule has 1 saturated heterocycles. The Balaban J connectivity index is 1.39. The van der Waals surface area contributed by atoms with Crippen LogP contribution in [0.4, 0.5) is 0 Å². The van der Waals surface area contributed by atoms with Crippen molar-refractivity contribution in [1.82, 2.24) is 34.6 Å². The van der Waals surface area contributed by atoms with Gasteiger partial charge in [-0.1, -0.05) is 23.2 Å². The zero-order valence-corrected chi connectivity index (χ0v) is 18.2. The molecule has 5 rings (SSSR count). The molecular formula is C20H17Cl2N7O3. The van der Waals surface area contributed by atoms with E-state index < -0.39 is 0 Å². The Hall–Kier alpha value is -2.92. The zero-order valence-electron chi connectivity index (χ0n) is 16.7. The van der Waals surface area contributed by atoms with Gasteiger partial charge < -0.3 is 9.47 Å². The third-order valence-electron chi connectivity index (χ3n) is 4.97. The Morgan fingerprint density at radius 1 is 1.09 bits per heavy atom. The Bertz CT molecular complexity index is 1270. The predicted octanol–water partition coefficient (Wildman–Crippen LogP) is 2.45. The molecule has 0 aromatic carbocycles. The molecule has 1 atom stereocenters. The van der Waals surface area contributed by atoms with Gasteiger partial charge in [0.2, 0.25) is 0 Å². The number of pyridine rings is 1. The van der Waals surface area contributed by atoms with Crippen LogP contribution in [0, 0.1) is 0 Å². The van der Waals surface area contributed by atoms with Crippen molar-refractivity contribution in [1.29, 1.82) is 0 Å². The Morgan fingerprint density at radius 2 is 1.94 bits per heavy atom. The van der Waals surface area contributed by atoms with Crippen molar-refractivity contribution >= 4 is 34.6 Å². The van der Waals surface area contributed by atoms with E-state index in [1.165, 1.54) is 17.2 Å². The van der Waals surface area contributed by atoms with Gasteiger partial charge in [-0.2, -0.15) is 15.3 Å². The summed E-state index contributed by atoms with van der Waals surface area (Å²) < 4.78 is 13.1. The van der Waals surface area contributed by atoms with E-state index >= 15 is 0 Å². The normalized spacial score (nSPS) is 16.5. The molecule has 164 valence electrons. The highest BCUT2D eigenvalue weighted by Crippen LogP contribution is 2.27. The van der Waals surface area contributed by atoms with E-state index in [0.29, 0.717) is 58.3 Å². The lowest BCUT2D eigenvalue weighted by molar-refractivity contribution is -0.118. The monoisotopic (exact) mass is 473 g/mol. The first-order chi connectivity index (χ1) is 15.6. The van der Waals surface area contributed by atoms with Crippen molar-refractivity contribution in [3.8, 4) is 5.82 Å². The van der Waals surface area contributed by atoms with Crippen LogP contribution in [0.5, 0.6) is 0 Å². The summed E-state index contributed by atoms with van der Waals surface area (Å²) in [5.74, 6) is 0.361. The molecule has 0 saturated carbocycles. The SMILES string of the molecule is O=C(Cc1cnc(-n2nccn2)c(Cl)c1)Cc1cnc2cc(Cl)nn2c1C1COCCO1. The van der Waals surface area contributed by atoms with E-state index in [1.54, 1.807) is 29.0 Å². The van der Waals surface area contributed by atoms with Gasteiger partial charge in [0.1, 0.15) is 11.9 Å². The summed E-state index contributed by atoms with van der Waals surface area (Å²) in [6.45, 7) is 1.34. The number of carbonyl (C=O) groups excluding carboxylic acids is 1. The highest BCUT2D eigenvalue weighted by molar-refractivity contribution is 6.32. The average Bonchev–Trinajstić information content (AvgIpc) is 3.43. The molecule has 5 heterocycles. The lowest BCUT2D eigenvalue weighted by Gasteiger charge is -2.25. The summed E-state index contributed by atoms with van der Waals surface area (Å²) in [6.07, 6.45) is 6.24. The van der Waals surface area contributed by atoms with Crippen LogP contribution in [-0.2, 0) is 27.1 Å². The third kappa shape index (κ3) is 4.22. The number of aromatic nitrogens is 7. The smallest absolute Gasteiger partial charge is 0.193 e. The molecule has 0 aliphatic carbocycles. The number of ketones is 1. The van der Waals surface area contributed by atoms with Crippen LogP contribution in [0.25, 0.3) is 11.5 Å². The number of hydrogen-bond donors (Lipinski definition) is 0. The number of ether oxygens (including phenoxy) is 2. The summed E-state index contributed by atoms with van der Waals surface area (Å²) >= 11 is 12.4. The Labute approximate surface area is 192 Å². The summed E-state index contributed by atoms with van der Waals surface area (Å²) in [5, 5.41) is 13.0. The van der Waals surface area contributed by atoms with Gasteiger partial charge in [0.05, 0.1) is 42.9 Å². The van der Waals surface area contributed by atoms with Gasteiger partial charge in [0.15, 0.2) is 16.6 Å². The number of nitrogens with zero attached hydrogens (tertiary/aromatic N) is 7. The number of Topliss-reactive ketones (excluding diaryl/α,β-unsaturated/α-hetero) is 1. The number of rotatable bonds is 6. The van der Waals surface area contributed by atoms with Crippen molar-refractivity contribution < 1.29 is 14.3 Å². The molecule has 0 bridgehead atoms. The molecule has 1 aliphatic heterocycles. The Morgan fingerprint density at radius 3 is 2.69 bits per heavy atom. The van der Waals surface area contributed by atoms with E-state index in [9.17, 15) is 4.79 Å². The fourth-order valence-electron chi connectivity index (χ4n) is 3.63. The molecule has 10 nitrogen and oxygen atoms in total. The fourth-order valence-corrected chi connectivity index (χ4v) is 4.06. The van der Waals surface area contributed by atoms with Gasteiger partial charge in [0, 0.05) is 36.9 Å². The topological polar surface area (TPSA) is 109 Å². The maximum atomic E-state index is 12.9. The van der Waals surface area contributed by atoms with Crippen LogP contribution >= 0.6 is 23.2 Å². The molecule has 0 spiro atoms. The van der Waals surface area contributed by atoms with Crippen LogP contribution in [0.15, 0.2) is 36.9 Å². The summed E-state index contributed by atoms with van der Waals surface area (Å²) in [4.78, 5) is 22.9. The molecular weight excluding hydrogens is 457 g/mol. The molecule has 1 fully saturated rings. The van der Waals surface area contributed by atoms with Crippen LogP contribution in [-0.4, -0.2) is 60.2 Å². The molecule has 4 aromatic heterocycles. The number of carbonyl (C=O) groups is 1. The predicted molar refractivity (Wildman–Crippen MR) is 114 cm³/mol. The number of hydrogen-bond acceptors (Lipinski definition) is 8. The van der Waals surface area contributed by atoms with Gasteiger partial charge in [-0.05, 0) is 11.6 Å². The zero-order chi connectivity index (χ0) is 22.1. The van der Waals surface area contributed by atoms with Crippen LogP contribution < -0.4 is 0 Å². The molecule has 0 amide bonds. The van der Waals surface area contributed by atoms with Crippen molar-refractivity contribution in [2.45, 2.75) is 18.9 Å². The Kier molecular flexibility index (Phi) is 5.83. The van der Waals surface area contributed by atoms with Gasteiger partial charge in [-0.3, -0.25) is 4.79 Å². The molecule has 1 unspecified atom stereocenters. The largest absolute Gasteiger partial charge is 0.376 e. The summed E-state index contributed by atoms with van der Waals surface area (Å²) in [6, 6.07) is 3.35. The van der Waals surface area contributed by atoms with Crippen LogP contribution in [0.1, 0.15) is 22.9 Å². The van der Waals surface area contributed by atoms with Crippen molar-refractivity contribution in [3.63, 3.8) is 0 Å². The van der Waals surface area contributed by atoms with Crippen molar-refractivity contribution in [2.75, 3.05) is 19.8 Å². The lowest BCUT2D eigenvalue weighted by Crippen LogP contribution is -2.26. The number of fused-ring (bicyclic) bond motifs is 1. The van der Waals surface area contributed by atoms with Crippen molar-refractivity contribution in [2.24, 2.45) is 0 Å². The van der Waals surface area contributed by atoms with Crippen LogP contribution in [0.2, 0.25) is 10.2 Å². The van der Waals surface area contributed by atoms with E-state index in [0.717, 1.165) is 0 Å². The molecule has 0 radical (unpaired) electrons. The van der Waals surface area contributed by atoms with E-state index in [2.05, 4.69) is 25.3 Å². The second-order valence-electron chi connectivity index (χ2n) is 7.20. The molecule has 0 N–H and O–H groups in total. The average molecular weight is 474 g/mol. The quantitative estimate of drug-likeness (QED) is 0.419. The first-order valence-electron chi connectivity index (χ1n) is 9.83. The van der Waals surface area contributed by atoms with Crippen LogP contribution in [0.3, 0.4) is 0 Å². The third-order valence-corrected chi connectivity index (χ3v) is 5.43. The minimum Gasteiger partial charge on any atom is -0.376 e. The minimum atomic E-state index is -0.370. The highest BCUT2D eigenvalue weighted by atomic mass is 35.5. The van der Waals surface area contributed by atoms with Gasteiger partial charge in [-0.15, -0.1) is 4.80 Å². The molecule has 4 aromatic rings. The number of halogens is 2. The summed E-state index contributed by atoms with van der Waals surface area (Å²) in [5.41, 5.74) is 2.68. The van der Waals surface area contributed by atoms with Gasteiger partial charge in [-0.25, -0.2) is 14.5 Å². The molecule has 1 aliphatic rings. The standard InChI is InChI=1S/C20H17Cl2N7O3/c21-15-6-12(9-24-20(15)29-25-1-2-26-29)5-14(30)7-13-10-23-18-8-17(22)27-28(18)19(13)16-11-31-3-4-32-16/h1-2,6,8-10,16H,3-5,7,11H2. The van der Waals surface area contributed by atoms with E-state index in [4.69, 9.17) is 32.7 Å². The van der Waals surface area contributed by atoms with Gasteiger partial charge in [0.25, 0.3) is 0 Å².